The van der Waals surface area contributed by atoms with Crippen LogP contribution in [-0.4, -0.2) is 59.0 Å². The smallest absolute Gasteiger partial charge is 0.270 e. The Balaban J connectivity index is 1.78. The summed E-state index contributed by atoms with van der Waals surface area (Å²) in [6.45, 7) is 3.05. The van der Waals surface area contributed by atoms with Gasteiger partial charge < -0.3 is 16.0 Å². The summed E-state index contributed by atoms with van der Waals surface area (Å²) >= 11 is 2.81. The number of thioether (sulfide) groups is 1. The minimum absolute atomic E-state index is 0.0721. The highest BCUT2D eigenvalue weighted by molar-refractivity contribution is 7.98. The predicted octanol–water partition coefficient (Wildman–Crippen LogP) is 0.860. The van der Waals surface area contributed by atoms with Gasteiger partial charge in [-0.05, 0) is 50.8 Å². The first-order valence-corrected chi connectivity index (χ1v) is 14.0. The van der Waals surface area contributed by atoms with Crippen molar-refractivity contribution in [1.82, 2.24) is 14.8 Å². The maximum absolute atomic E-state index is 12.9. The van der Waals surface area contributed by atoms with Crippen molar-refractivity contribution in [2.45, 2.75) is 32.4 Å². The number of amides is 2. The molecule has 0 bridgehead atoms. The highest BCUT2D eigenvalue weighted by atomic mass is 32.2. The van der Waals surface area contributed by atoms with E-state index in [1.807, 2.05) is 6.07 Å². The van der Waals surface area contributed by atoms with E-state index in [9.17, 15) is 19.6 Å². The van der Waals surface area contributed by atoms with Crippen molar-refractivity contribution < 1.29 is 9.59 Å². The highest BCUT2D eigenvalue weighted by Gasteiger charge is 2.25. The lowest BCUT2D eigenvalue weighted by atomic mass is 10.2. The second-order valence-corrected chi connectivity index (χ2v) is 10.2. The first-order chi connectivity index (χ1) is 17.9. The minimum atomic E-state index is -0.704. The van der Waals surface area contributed by atoms with E-state index in [-0.39, 0.29) is 34.8 Å². The van der Waals surface area contributed by atoms with Crippen LogP contribution in [0.5, 0.6) is 0 Å². The fraction of sp³-hybridized carbons (Fsp3) is 0.400. The summed E-state index contributed by atoms with van der Waals surface area (Å²) in [5, 5.41) is 26.5. The molecule has 1 aliphatic rings. The van der Waals surface area contributed by atoms with Crippen LogP contribution in [0.4, 0.5) is 11.4 Å². The third kappa shape index (κ3) is 7.23. The summed E-state index contributed by atoms with van der Waals surface area (Å²) in [5.74, 6) is 0.242. The van der Waals surface area contributed by atoms with E-state index in [4.69, 9.17) is 5.26 Å². The number of nitrogens with zero attached hydrogens (tertiary/aromatic N) is 4. The Morgan fingerprint density at radius 2 is 2.08 bits per heavy atom. The van der Waals surface area contributed by atoms with E-state index >= 15 is 0 Å². The molecule has 0 radical (unpaired) electrons. The lowest BCUT2D eigenvalue weighted by Gasteiger charge is -2.23. The van der Waals surface area contributed by atoms with Crippen LogP contribution in [0.25, 0.3) is 11.8 Å². The molecule has 2 amide bonds. The number of aromatic nitrogens is 1. The van der Waals surface area contributed by atoms with Gasteiger partial charge in [-0.3, -0.25) is 23.9 Å². The van der Waals surface area contributed by atoms with Crippen molar-refractivity contribution in [2.75, 3.05) is 42.3 Å². The normalized spacial score (nSPS) is 16.5. The predicted molar refractivity (Wildman–Crippen MR) is 147 cm³/mol. The molecular weight excluding hydrogens is 510 g/mol. The number of likely N-dealkylation sites (tertiary alicyclic amines) is 1. The molecule has 1 unspecified atom stereocenters. The first kappa shape index (κ1) is 28.0. The standard InChI is InChI=1S/C25H29N7O3S2/c1-3-32-24(35)21(37-25(32)20(13-27)23(34)28-10-9-26)14-29-17-6-4-7-18(12-17)30-22(33)15-31-11-5-8-19(31)16-36-2/h4,6-7,12,14,19,29H,3,5,8,10-11,15-16H2,1-2H3,(H,28,34)(H,30,33). The number of anilines is 2. The average Bonchev–Trinajstić information content (AvgIpc) is 3.45. The number of rotatable bonds is 10. The third-order valence-electron chi connectivity index (χ3n) is 5.83. The zero-order valence-corrected chi connectivity index (χ0v) is 22.4. The van der Waals surface area contributed by atoms with Gasteiger partial charge in [0.25, 0.3) is 11.5 Å². The zero-order chi connectivity index (χ0) is 26.8. The van der Waals surface area contributed by atoms with Crippen molar-refractivity contribution >= 4 is 58.1 Å². The van der Waals surface area contributed by atoms with Gasteiger partial charge in [0.2, 0.25) is 5.91 Å². The fourth-order valence-corrected chi connectivity index (χ4v) is 5.95. The highest BCUT2D eigenvalue weighted by Crippen LogP contribution is 2.20. The molecule has 3 rings (SSSR count). The summed E-state index contributed by atoms with van der Waals surface area (Å²) in [4.78, 5) is 40.0. The second-order valence-electron chi connectivity index (χ2n) is 8.29. The lowest BCUT2D eigenvalue weighted by molar-refractivity contribution is -0.117. The number of hydrogen-bond donors (Lipinski definition) is 3. The van der Waals surface area contributed by atoms with E-state index in [2.05, 4.69) is 27.1 Å². The monoisotopic (exact) mass is 539 g/mol. The van der Waals surface area contributed by atoms with E-state index in [1.165, 1.54) is 10.8 Å². The molecule has 12 heteroatoms. The summed E-state index contributed by atoms with van der Waals surface area (Å²) in [7, 11) is 0. The largest absolute Gasteiger partial charge is 0.360 e. The molecule has 1 saturated heterocycles. The number of benzene rings is 1. The third-order valence-corrected chi connectivity index (χ3v) is 7.67. The van der Waals surface area contributed by atoms with E-state index in [1.54, 1.807) is 49.0 Å². The van der Waals surface area contributed by atoms with Crippen molar-refractivity contribution in [1.29, 1.82) is 10.5 Å². The number of carbonyl (C=O) groups is 2. The molecule has 2 aromatic rings. The van der Waals surface area contributed by atoms with Crippen LogP contribution in [0, 0.1) is 22.7 Å². The molecule has 0 spiro atoms. The van der Waals surface area contributed by atoms with Crippen LogP contribution in [0.2, 0.25) is 0 Å². The first-order valence-electron chi connectivity index (χ1n) is 11.8. The summed E-state index contributed by atoms with van der Waals surface area (Å²) in [5.41, 5.74) is 0.732. The van der Waals surface area contributed by atoms with Gasteiger partial charge in [0.15, 0.2) is 5.57 Å². The number of nitrogens with one attached hydrogen (secondary N) is 3. The van der Waals surface area contributed by atoms with Crippen molar-refractivity contribution in [3.05, 3.63) is 43.8 Å². The van der Waals surface area contributed by atoms with Crippen molar-refractivity contribution in [3.63, 3.8) is 0 Å². The molecule has 194 valence electrons. The Kier molecular flexibility index (Phi) is 10.3. The van der Waals surface area contributed by atoms with Crippen molar-refractivity contribution in [3.8, 4) is 12.1 Å². The van der Waals surface area contributed by atoms with Crippen LogP contribution in [0.3, 0.4) is 0 Å². The van der Waals surface area contributed by atoms with Gasteiger partial charge >= 0.3 is 0 Å². The number of carbonyl (C=O) groups excluding carboxylic acids is 2. The molecule has 37 heavy (non-hydrogen) atoms. The molecule has 1 aromatic heterocycles. The quantitative estimate of drug-likeness (QED) is 0.377. The SMILES string of the molecule is CCn1c(=C(C#N)C(=O)NCC#N)sc(=CNc2cccc(NC(=O)CN3CCCC3CSC)c2)c1=O. The average molecular weight is 540 g/mol. The van der Waals surface area contributed by atoms with Crippen LogP contribution in [-0.2, 0) is 16.1 Å². The lowest BCUT2D eigenvalue weighted by Crippen LogP contribution is -2.38. The Hall–Kier alpha value is -3.58. The maximum Gasteiger partial charge on any atom is 0.270 e. The van der Waals surface area contributed by atoms with Gasteiger partial charge in [0.1, 0.15) is 21.8 Å². The van der Waals surface area contributed by atoms with Gasteiger partial charge in [-0.15, -0.1) is 11.3 Å². The molecule has 1 aliphatic heterocycles. The van der Waals surface area contributed by atoms with E-state index < -0.39 is 5.91 Å². The molecule has 0 aliphatic carbocycles. The fourth-order valence-electron chi connectivity index (χ4n) is 4.10. The maximum atomic E-state index is 12.9. The summed E-state index contributed by atoms with van der Waals surface area (Å²) in [6.07, 6.45) is 5.82. The van der Waals surface area contributed by atoms with Crippen LogP contribution < -0.4 is 30.7 Å². The van der Waals surface area contributed by atoms with Crippen LogP contribution in [0.15, 0.2) is 29.1 Å². The molecule has 1 atom stereocenters. The molecule has 10 nitrogen and oxygen atoms in total. The van der Waals surface area contributed by atoms with Gasteiger partial charge in [-0.1, -0.05) is 6.07 Å². The number of hydrogen-bond acceptors (Lipinski definition) is 9. The molecule has 0 saturated carbocycles. The van der Waals surface area contributed by atoms with Gasteiger partial charge in [0, 0.05) is 35.9 Å². The minimum Gasteiger partial charge on any atom is -0.360 e. The van der Waals surface area contributed by atoms with Gasteiger partial charge in [-0.25, -0.2) is 0 Å². The molecule has 1 aromatic carbocycles. The Morgan fingerprint density at radius 3 is 2.78 bits per heavy atom. The van der Waals surface area contributed by atoms with Crippen LogP contribution in [0.1, 0.15) is 19.8 Å². The van der Waals surface area contributed by atoms with Gasteiger partial charge in [0.05, 0.1) is 12.6 Å². The second kappa shape index (κ2) is 13.7. The van der Waals surface area contributed by atoms with E-state index in [0.29, 0.717) is 28.5 Å². The number of nitriles is 2. The van der Waals surface area contributed by atoms with E-state index in [0.717, 1.165) is 36.5 Å². The van der Waals surface area contributed by atoms with Gasteiger partial charge in [-0.2, -0.15) is 22.3 Å². The molecule has 2 heterocycles. The molecular formula is C25H29N7O3S2. The Bertz CT molecular complexity index is 1400. The summed E-state index contributed by atoms with van der Waals surface area (Å²) < 4.78 is 1.88. The van der Waals surface area contributed by atoms with Crippen LogP contribution >= 0.6 is 23.1 Å². The zero-order valence-electron chi connectivity index (χ0n) is 20.7. The number of thiazole rings is 1. The Morgan fingerprint density at radius 1 is 1.30 bits per heavy atom. The van der Waals surface area contributed by atoms with Crippen molar-refractivity contribution in [2.24, 2.45) is 0 Å². The summed E-state index contributed by atoms with van der Waals surface area (Å²) in [6, 6.07) is 11.2. The molecule has 3 N–H and O–H groups in total. The Labute approximate surface area is 223 Å². The molecule has 1 fully saturated rings. The topological polar surface area (TPSA) is 143 Å².